The molecule has 1 aliphatic heterocycles. The first-order valence-electron chi connectivity index (χ1n) is 5.76. The van der Waals surface area contributed by atoms with Gasteiger partial charge in [0.25, 0.3) is 0 Å². The van der Waals surface area contributed by atoms with Crippen molar-refractivity contribution in [1.29, 1.82) is 0 Å². The van der Waals surface area contributed by atoms with Crippen LogP contribution in [0.1, 0.15) is 0 Å². The van der Waals surface area contributed by atoms with Crippen LogP contribution in [-0.2, 0) is 4.74 Å². The SMILES string of the molecule is c1ccc(Nc2nnc(N3CCOCC3)s2)nc1. The summed E-state index contributed by atoms with van der Waals surface area (Å²) in [5.74, 6) is 0.780. The highest BCUT2D eigenvalue weighted by atomic mass is 32.1. The van der Waals surface area contributed by atoms with E-state index in [0.717, 1.165) is 42.4 Å². The van der Waals surface area contributed by atoms with Crippen LogP contribution >= 0.6 is 11.3 Å². The molecule has 0 aromatic carbocycles. The zero-order valence-electron chi connectivity index (χ0n) is 9.74. The van der Waals surface area contributed by atoms with Gasteiger partial charge in [-0.3, -0.25) is 0 Å². The van der Waals surface area contributed by atoms with Gasteiger partial charge in [-0.25, -0.2) is 4.98 Å². The fourth-order valence-electron chi connectivity index (χ4n) is 1.69. The zero-order valence-corrected chi connectivity index (χ0v) is 10.6. The highest BCUT2D eigenvalue weighted by molar-refractivity contribution is 7.19. The molecule has 1 fully saturated rings. The summed E-state index contributed by atoms with van der Waals surface area (Å²) in [5.41, 5.74) is 0. The Morgan fingerprint density at radius 2 is 2.11 bits per heavy atom. The lowest BCUT2D eigenvalue weighted by Crippen LogP contribution is -2.36. The topological polar surface area (TPSA) is 63.2 Å². The third-order valence-electron chi connectivity index (χ3n) is 2.60. The van der Waals surface area contributed by atoms with Crippen molar-refractivity contribution in [2.45, 2.75) is 0 Å². The highest BCUT2D eigenvalue weighted by Crippen LogP contribution is 2.26. The Hall–Kier alpha value is -1.73. The highest BCUT2D eigenvalue weighted by Gasteiger charge is 2.15. The van der Waals surface area contributed by atoms with Crippen LogP contribution in [0, 0.1) is 0 Å². The summed E-state index contributed by atoms with van der Waals surface area (Å²) in [6.45, 7) is 3.25. The standard InChI is InChI=1S/C11H13N5OS/c1-2-4-12-9(3-1)13-10-14-15-11(18-10)16-5-7-17-8-6-16/h1-4H,5-8H2,(H,12,13,14). The Labute approximate surface area is 109 Å². The Morgan fingerprint density at radius 1 is 1.22 bits per heavy atom. The molecule has 0 atom stereocenters. The molecule has 3 heterocycles. The van der Waals surface area contributed by atoms with Gasteiger partial charge in [0.05, 0.1) is 13.2 Å². The molecule has 1 saturated heterocycles. The van der Waals surface area contributed by atoms with Crippen molar-refractivity contribution in [3.63, 3.8) is 0 Å². The lowest BCUT2D eigenvalue weighted by atomic mass is 10.5. The predicted molar refractivity (Wildman–Crippen MR) is 70.5 cm³/mol. The molecule has 7 heteroatoms. The second kappa shape index (κ2) is 5.28. The number of aromatic nitrogens is 3. The van der Waals surface area contributed by atoms with E-state index in [2.05, 4.69) is 25.4 Å². The van der Waals surface area contributed by atoms with E-state index in [0.29, 0.717) is 0 Å². The van der Waals surface area contributed by atoms with Crippen LogP contribution in [0.15, 0.2) is 24.4 Å². The third kappa shape index (κ3) is 2.57. The van der Waals surface area contributed by atoms with Crippen LogP contribution < -0.4 is 10.2 Å². The lowest BCUT2D eigenvalue weighted by molar-refractivity contribution is 0.122. The van der Waals surface area contributed by atoms with Crippen molar-refractivity contribution < 1.29 is 4.74 Å². The molecule has 3 rings (SSSR count). The minimum absolute atomic E-state index is 0.753. The first-order valence-corrected chi connectivity index (χ1v) is 6.58. The maximum absolute atomic E-state index is 5.31. The predicted octanol–water partition coefficient (Wildman–Crippen LogP) is 1.51. The van der Waals surface area contributed by atoms with E-state index in [-0.39, 0.29) is 0 Å². The van der Waals surface area contributed by atoms with Gasteiger partial charge in [-0.1, -0.05) is 17.4 Å². The molecule has 0 amide bonds. The number of morpholine rings is 1. The second-order valence-corrected chi connectivity index (χ2v) is 4.79. The van der Waals surface area contributed by atoms with E-state index in [4.69, 9.17) is 4.74 Å². The van der Waals surface area contributed by atoms with E-state index in [1.807, 2.05) is 18.2 Å². The summed E-state index contributed by atoms with van der Waals surface area (Å²) in [6, 6.07) is 5.71. The number of rotatable bonds is 3. The van der Waals surface area contributed by atoms with Gasteiger partial charge in [-0.2, -0.15) is 0 Å². The maximum atomic E-state index is 5.31. The number of ether oxygens (including phenoxy) is 1. The molecular formula is C11H13N5OS. The molecule has 6 nitrogen and oxygen atoms in total. The van der Waals surface area contributed by atoms with Gasteiger partial charge in [0, 0.05) is 19.3 Å². The molecule has 18 heavy (non-hydrogen) atoms. The van der Waals surface area contributed by atoms with Gasteiger partial charge in [0.1, 0.15) is 5.82 Å². The number of hydrogen-bond donors (Lipinski definition) is 1. The molecule has 0 saturated carbocycles. The average Bonchev–Trinajstić information content (AvgIpc) is 2.89. The Morgan fingerprint density at radius 3 is 2.89 bits per heavy atom. The van der Waals surface area contributed by atoms with Crippen molar-refractivity contribution in [3.8, 4) is 0 Å². The van der Waals surface area contributed by atoms with Crippen molar-refractivity contribution >= 4 is 27.4 Å². The first kappa shape index (κ1) is 11.4. The minimum Gasteiger partial charge on any atom is -0.378 e. The minimum atomic E-state index is 0.753. The van der Waals surface area contributed by atoms with Gasteiger partial charge in [0.2, 0.25) is 10.3 Å². The normalized spacial score (nSPS) is 15.7. The van der Waals surface area contributed by atoms with Crippen LogP contribution in [0.3, 0.4) is 0 Å². The summed E-state index contributed by atoms with van der Waals surface area (Å²) >= 11 is 1.53. The molecule has 0 radical (unpaired) electrons. The van der Waals surface area contributed by atoms with Crippen LogP contribution in [0.2, 0.25) is 0 Å². The number of hydrogen-bond acceptors (Lipinski definition) is 7. The van der Waals surface area contributed by atoms with E-state index in [1.165, 1.54) is 11.3 Å². The van der Waals surface area contributed by atoms with Crippen LogP contribution in [0.25, 0.3) is 0 Å². The number of nitrogens with zero attached hydrogens (tertiary/aromatic N) is 4. The maximum Gasteiger partial charge on any atom is 0.212 e. The Bertz CT molecular complexity index is 497. The van der Waals surface area contributed by atoms with Crippen molar-refractivity contribution in [2.24, 2.45) is 0 Å². The molecule has 0 bridgehead atoms. The summed E-state index contributed by atoms with van der Waals surface area (Å²) in [4.78, 5) is 6.38. The number of pyridine rings is 1. The molecule has 1 aliphatic rings. The van der Waals surface area contributed by atoms with Gasteiger partial charge in [-0.05, 0) is 12.1 Å². The molecule has 2 aromatic heterocycles. The second-order valence-electron chi connectivity index (χ2n) is 3.83. The summed E-state index contributed by atoms with van der Waals surface area (Å²) in [7, 11) is 0. The molecule has 94 valence electrons. The molecule has 1 N–H and O–H groups in total. The van der Waals surface area contributed by atoms with E-state index < -0.39 is 0 Å². The first-order chi connectivity index (χ1) is 8.92. The number of nitrogens with one attached hydrogen (secondary N) is 1. The average molecular weight is 263 g/mol. The molecule has 0 spiro atoms. The van der Waals surface area contributed by atoms with Crippen LogP contribution in [-0.4, -0.2) is 41.5 Å². The summed E-state index contributed by atoms with van der Waals surface area (Å²) < 4.78 is 5.31. The fraction of sp³-hybridized carbons (Fsp3) is 0.364. The van der Waals surface area contributed by atoms with Gasteiger partial charge in [-0.15, -0.1) is 10.2 Å². The lowest BCUT2D eigenvalue weighted by Gasteiger charge is -2.25. The third-order valence-corrected chi connectivity index (χ3v) is 3.50. The van der Waals surface area contributed by atoms with E-state index in [1.54, 1.807) is 6.20 Å². The van der Waals surface area contributed by atoms with Crippen LogP contribution in [0.5, 0.6) is 0 Å². The Kier molecular flexibility index (Phi) is 3.33. The molecule has 0 aliphatic carbocycles. The van der Waals surface area contributed by atoms with Gasteiger partial charge in [0.15, 0.2) is 0 Å². The van der Waals surface area contributed by atoms with Crippen molar-refractivity contribution in [2.75, 3.05) is 36.5 Å². The smallest absolute Gasteiger partial charge is 0.212 e. The monoisotopic (exact) mass is 263 g/mol. The van der Waals surface area contributed by atoms with Crippen molar-refractivity contribution in [1.82, 2.24) is 15.2 Å². The zero-order chi connectivity index (χ0) is 12.2. The van der Waals surface area contributed by atoms with Gasteiger partial charge < -0.3 is 15.0 Å². The molecule has 2 aromatic rings. The summed E-state index contributed by atoms with van der Waals surface area (Å²) in [5, 5.41) is 13.1. The summed E-state index contributed by atoms with van der Waals surface area (Å²) in [6.07, 6.45) is 1.74. The largest absolute Gasteiger partial charge is 0.378 e. The van der Waals surface area contributed by atoms with E-state index in [9.17, 15) is 0 Å². The quantitative estimate of drug-likeness (QED) is 0.905. The number of anilines is 3. The molecular weight excluding hydrogens is 250 g/mol. The fourth-order valence-corrected chi connectivity index (χ4v) is 2.50. The Balaban J connectivity index is 1.69. The van der Waals surface area contributed by atoms with E-state index >= 15 is 0 Å². The molecule has 0 unspecified atom stereocenters. The van der Waals surface area contributed by atoms with Crippen molar-refractivity contribution in [3.05, 3.63) is 24.4 Å². The van der Waals surface area contributed by atoms with Gasteiger partial charge >= 0.3 is 0 Å². The van der Waals surface area contributed by atoms with Crippen LogP contribution in [0.4, 0.5) is 16.1 Å².